The molecule has 0 atom stereocenters. The number of oxazole rings is 1. The second kappa shape index (κ2) is 6.58. The Labute approximate surface area is 91.0 Å². The van der Waals surface area contributed by atoms with Crippen molar-refractivity contribution < 1.29 is 9.15 Å². The van der Waals surface area contributed by atoms with Crippen molar-refractivity contribution in [2.24, 2.45) is 0 Å². The van der Waals surface area contributed by atoms with Crippen molar-refractivity contribution >= 4 is 0 Å². The molecule has 0 saturated heterocycles. The van der Waals surface area contributed by atoms with Gasteiger partial charge in [-0.25, -0.2) is 4.98 Å². The topological polar surface area (TPSA) is 47.3 Å². The van der Waals surface area contributed by atoms with E-state index in [1.807, 2.05) is 0 Å². The summed E-state index contributed by atoms with van der Waals surface area (Å²) in [5.41, 5.74) is 0. The zero-order valence-electron chi connectivity index (χ0n) is 9.75. The summed E-state index contributed by atoms with van der Waals surface area (Å²) in [4.78, 5) is 4.20. The van der Waals surface area contributed by atoms with E-state index in [1.165, 1.54) is 0 Å². The third-order valence-electron chi connectivity index (χ3n) is 2.05. The summed E-state index contributed by atoms with van der Waals surface area (Å²) in [5, 5.41) is 3.32. The third kappa shape index (κ3) is 4.95. The first-order valence-electron chi connectivity index (χ1n) is 5.38. The van der Waals surface area contributed by atoms with Crippen LogP contribution in [0.2, 0.25) is 0 Å². The van der Waals surface area contributed by atoms with Crippen LogP contribution in [0.5, 0.6) is 0 Å². The highest BCUT2D eigenvalue weighted by Gasteiger charge is 2.03. The number of aromatic nitrogens is 1. The summed E-state index contributed by atoms with van der Waals surface area (Å²) in [6.45, 7) is 5.83. The van der Waals surface area contributed by atoms with Crippen molar-refractivity contribution in [3.8, 4) is 0 Å². The van der Waals surface area contributed by atoms with Crippen LogP contribution in [-0.4, -0.2) is 31.3 Å². The normalized spacial score (nSPS) is 11.2. The molecule has 0 aliphatic rings. The highest BCUT2D eigenvalue weighted by molar-refractivity contribution is 4.94. The van der Waals surface area contributed by atoms with E-state index < -0.39 is 0 Å². The van der Waals surface area contributed by atoms with Gasteiger partial charge in [0.1, 0.15) is 5.76 Å². The van der Waals surface area contributed by atoms with Crippen molar-refractivity contribution in [3.05, 3.63) is 17.8 Å². The van der Waals surface area contributed by atoms with E-state index in [1.54, 1.807) is 13.3 Å². The molecule has 1 N–H and O–H groups in total. The Kier molecular flexibility index (Phi) is 5.36. The molecule has 0 bridgehead atoms. The van der Waals surface area contributed by atoms with Gasteiger partial charge in [-0.2, -0.15) is 0 Å². The van der Waals surface area contributed by atoms with Crippen molar-refractivity contribution in [2.75, 3.05) is 20.3 Å². The monoisotopic (exact) mass is 212 g/mol. The molecule has 0 aromatic carbocycles. The van der Waals surface area contributed by atoms with Crippen LogP contribution in [0.25, 0.3) is 0 Å². The van der Waals surface area contributed by atoms with Gasteiger partial charge in [0.15, 0.2) is 5.89 Å². The molecular weight excluding hydrogens is 192 g/mol. The summed E-state index contributed by atoms with van der Waals surface area (Å²) in [6.07, 6.45) is 3.41. The van der Waals surface area contributed by atoms with Gasteiger partial charge in [-0.05, 0) is 0 Å². The Bertz CT molecular complexity index is 271. The van der Waals surface area contributed by atoms with Gasteiger partial charge in [0.05, 0.1) is 12.8 Å². The minimum Gasteiger partial charge on any atom is -0.446 e. The zero-order chi connectivity index (χ0) is 11.1. The Hall–Kier alpha value is -0.870. The van der Waals surface area contributed by atoms with E-state index >= 15 is 0 Å². The molecule has 0 aliphatic carbocycles. The number of nitrogens with zero attached hydrogens (tertiary/aromatic N) is 1. The maximum absolute atomic E-state index is 5.54. The summed E-state index contributed by atoms with van der Waals surface area (Å²) in [6, 6.07) is 0.507. The van der Waals surface area contributed by atoms with Gasteiger partial charge in [-0.1, -0.05) is 13.8 Å². The van der Waals surface area contributed by atoms with Crippen LogP contribution in [0.3, 0.4) is 0 Å². The average molecular weight is 212 g/mol. The van der Waals surface area contributed by atoms with E-state index in [0.717, 1.165) is 31.0 Å². The Morgan fingerprint density at radius 3 is 2.93 bits per heavy atom. The van der Waals surface area contributed by atoms with E-state index in [4.69, 9.17) is 9.15 Å². The number of nitrogens with one attached hydrogen (secondary N) is 1. The number of methoxy groups -OCH3 is 1. The Balaban J connectivity index is 2.26. The standard InChI is InChI=1S/C11H20N2O2/c1-9(2)12-6-4-11-13-8-10(15-11)5-7-14-3/h8-9,12H,4-7H2,1-3H3. The molecule has 0 amide bonds. The molecule has 86 valence electrons. The van der Waals surface area contributed by atoms with Crippen LogP contribution in [0, 0.1) is 0 Å². The van der Waals surface area contributed by atoms with Gasteiger partial charge in [0.2, 0.25) is 0 Å². The van der Waals surface area contributed by atoms with Gasteiger partial charge in [0, 0.05) is 32.5 Å². The quantitative estimate of drug-likeness (QED) is 0.742. The summed E-state index contributed by atoms with van der Waals surface area (Å²) < 4.78 is 10.5. The number of ether oxygens (including phenoxy) is 1. The fourth-order valence-electron chi connectivity index (χ4n) is 1.25. The molecular formula is C11H20N2O2. The van der Waals surface area contributed by atoms with Gasteiger partial charge in [-0.3, -0.25) is 0 Å². The van der Waals surface area contributed by atoms with Gasteiger partial charge >= 0.3 is 0 Å². The second-order valence-electron chi connectivity index (χ2n) is 3.82. The summed E-state index contributed by atoms with van der Waals surface area (Å²) >= 11 is 0. The Morgan fingerprint density at radius 1 is 1.47 bits per heavy atom. The summed E-state index contributed by atoms with van der Waals surface area (Å²) in [7, 11) is 1.68. The predicted molar refractivity (Wildman–Crippen MR) is 58.9 cm³/mol. The lowest BCUT2D eigenvalue weighted by molar-refractivity contribution is 0.196. The highest BCUT2D eigenvalue weighted by Crippen LogP contribution is 2.04. The molecule has 0 fully saturated rings. The van der Waals surface area contributed by atoms with E-state index in [9.17, 15) is 0 Å². The Morgan fingerprint density at radius 2 is 2.27 bits per heavy atom. The molecule has 0 radical (unpaired) electrons. The van der Waals surface area contributed by atoms with E-state index in [-0.39, 0.29) is 0 Å². The van der Waals surface area contributed by atoms with E-state index in [0.29, 0.717) is 12.6 Å². The molecule has 15 heavy (non-hydrogen) atoms. The lowest BCUT2D eigenvalue weighted by atomic mass is 10.3. The third-order valence-corrected chi connectivity index (χ3v) is 2.05. The van der Waals surface area contributed by atoms with Crippen LogP contribution >= 0.6 is 0 Å². The molecule has 0 unspecified atom stereocenters. The fraction of sp³-hybridized carbons (Fsp3) is 0.727. The smallest absolute Gasteiger partial charge is 0.195 e. The van der Waals surface area contributed by atoms with Gasteiger partial charge in [-0.15, -0.1) is 0 Å². The maximum atomic E-state index is 5.54. The predicted octanol–water partition coefficient (Wildman–Crippen LogP) is 1.40. The van der Waals surface area contributed by atoms with E-state index in [2.05, 4.69) is 24.1 Å². The van der Waals surface area contributed by atoms with Crippen molar-refractivity contribution in [1.29, 1.82) is 0 Å². The van der Waals surface area contributed by atoms with Crippen LogP contribution in [-0.2, 0) is 17.6 Å². The lowest BCUT2D eigenvalue weighted by Crippen LogP contribution is -2.24. The average Bonchev–Trinajstić information content (AvgIpc) is 2.62. The van der Waals surface area contributed by atoms with Gasteiger partial charge < -0.3 is 14.5 Å². The summed E-state index contributed by atoms with van der Waals surface area (Å²) in [5.74, 6) is 1.70. The molecule has 0 spiro atoms. The highest BCUT2D eigenvalue weighted by atomic mass is 16.5. The number of hydrogen-bond donors (Lipinski definition) is 1. The number of rotatable bonds is 7. The molecule has 4 heteroatoms. The van der Waals surface area contributed by atoms with Crippen LogP contribution in [0.15, 0.2) is 10.6 Å². The lowest BCUT2D eigenvalue weighted by Gasteiger charge is -2.05. The van der Waals surface area contributed by atoms with Crippen LogP contribution in [0.4, 0.5) is 0 Å². The first kappa shape index (κ1) is 12.2. The van der Waals surface area contributed by atoms with Gasteiger partial charge in [0.25, 0.3) is 0 Å². The fourth-order valence-corrected chi connectivity index (χ4v) is 1.25. The molecule has 1 rings (SSSR count). The van der Waals surface area contributed by atoms with Crippen molar-refractivity contribution in [2.45, 2.75) is 32.7 Å². The van der Waals surface area contributed by atoms with Crippen LogP contribution < -0.4 is 5.32 Å². The number of hydrogen-bond acceptors (Lipinski definition) is 4. The molecule has 4 nitrogen and oxygen atoms in total. The van der Waals surface area contributed by atoms with Crippen molar-refractivity contribution in [3.63, 3.8) is 0 Å². The largest absolute Gasteiger partial charge is 0.446 e. The van der Waals surface area contributed by atoms with Crippen LogP contribution in [0.1, 0.15) is 25.5 Å². The van der Waals surface area contributed by atoms with Crippen molar-refractivity contribution in [1.82, 2.24) is 10.3 Å². The first-order chi connectivity index (χ1) is 7.22. The molecule has 1 aromatic rings. The maximum Gasteiger partial charge on any atom is 0.195 e. The molecule has 0 aliphatic heterocycles. The minimum absolute atomic E-state index is 0.507. The second-order valence-corrected chi connectivity index (χ2v) is 3.82. The minimum atomic E-state index is 0.507. The SMILES string of the molecule is COCCc1cnc(CCNC(C)C)o1. The molecule has 1 aromatic heterocycles. The first-order valence-corrected chi connectivity index (χ1v) is 5.38. The molecule has 0 saturated carbocycles. The zero-order valence-corrected chi connectivity index (χ0v) is 9.75. The molecule has 1 heterocycles.